The van der Waals surface area contributed by atoms with E-state index in [1.54, 1.807) is 12.1 Å². The number of nitrogens with one attached hydrogen (secondary N) is 1. The summed E-state index contributed by atoms with van der Waals surface area (Å²) in [5.74, 6) is -0.151. The molecule has 2 heteroatoms. The van der Waals surface area contributed by atoms with Gasteiger partial charge in [-0.05, 0) is 62.8 Å². The maximum absolute atomic E-state index is 13.1. The van der Waals surface area contributed by atoms with Gasteiger partial charge in [0.1, 0.15) is 5.82 Å². The van der Waals surface area contributed by atoms with Gasteiger partial charge < -0.3 is 5.32 Å². The highest BCUT2D eigenvalue weighted by Crippen LogP contribution is 2.24. The monoisotopic (exact) mass is 251 g/mol. The molecule has 1 nitrogen and oxygen atoms in total. The van der Waals surface area contributed by atoms with Crippen LogP contribution in [-0.4, -0.2) is 12.1 Å². The zero-order chi connectivity index (χ0) is 14.0. The van der Waals surface area contributed by atoms with Gasteiger partial charge >= 0.3 is 0 Å². The molecule has 0 heterocycles. The van der Waals surface area contributed by atoms with Crippen molar-refractivity contribution in [1.82, 2.24) is 5.32 Å². The van der Waals surface area contributed by atoms with Gasteiger partial charge in [-0.25, -0.2) is 4.39 Å². The Morgan fingerprint density at radius 3 is 2.22 bits per heavy atom. The van der Waals surface area contributed by atoms with Crippen LogP contribution in [0.3, 0.4) is 0 Å². The zero-order valence-electron chi connectivity index (χ0n) is 12.5. The van der Waals surface area contributed by atoms with E-state index in [0.29, 0.717) is 0 Å². The summed E-state index contributed by atoms with van der Waals surface area (Å²) in [5.41, 5.74) is 2.57. The van der Waals surface area contributed by atoms with Gasteiger partial charge in [0.25, 0.3) is 0 Å². The van der Waals surface area contributed by atoms with Crippen LogP contribution in [-0.2, 0) is 6.42 Å². The number of benzene rings is 1. The Morgan fingerprint density at radius 2 is 1.72 bits per heavy atom. The van der Waals surface area contributed by atoms with Crippen molar-refractivity contribution in [2.75, 3.05) is 6.54 Å². The number of rotatable bonds is 4. The van der Waals surface area contributed by atoms with E-state index in [-0.39, 0.29) is 16.8 Å². The van der Waals surface area contributed by atoms with E-state index >= 15 is 0 Å². The van der Waals surface area contributed by atoms with E-state index in [4.69, 9.17) is 0 Å². The van der Waals surface area contributed by atoms with Gasteiger partial charge in [-0.15, -0.1) is 0 Å². The molecule has 0 aromatic heterocycles. The van der Waals surface area contributed by atoms with Crippen LogP contribution >= 0.6 is 0 Å². The van der Waals surface area contributed by atoms with Gasteiger partial charge in [-0.3, -0.25) is 0 Å². The smallest absolute Gasteiger partial charge is 0.123 e. The first-order valence-electron chi connectivity index (χ1n) is 6.59. The molecule has 0 aliphatic heterocycles. The highest BCUT2D eigenvalue weighted by molar-refractivity contribution is 5.27. The van der Waals surface area contributed by atoms with E-state index in [0.717, 1.165) is 18.5 Å². The maximum atomic E-state index is 13.1. The molecule has 0 atom stereocenters. The molecule has 18 heavy (non-hydrogen) atoms. The minimum Gasteiger partial charge on any atom is -0.312 e. The summed E-state index contributed by atoms with van der Waals surface area (Å²) >= 11 is 0. The predicted molar refractivity (Wildman–Crippen MR) is 76.4 cm³/mol. The van der Waals surface area contributed by atoms with Crippen LogP contribution in [0.1, 0.15) is 45.7 Å². The normalized spacial score (nSPS) is 12.8. The second kappa shape index (κ2) is 5.40. The third-order valence-electron chi connectivity index (χ3n) is 3.07. The van der Waals surface area contributed by atoms with Crippen LogP contribution in [0.2, 0.25) is 0 Å². The van der Waals surface area contributed by atoms with Gasteiger partial charge in [0.2, 0.25) is 0 Å². The molecule has 1 aromatic rings. The third kappa shape index (κ3) is 5.18. The fourth-order valence-electron chi connectivity index (χ4n) is 1.94. The number of hydrogen-bond donors (Lipinski definition) is 1. The largest absolute Gasteiger partial charge is 0.312 e. The van der Waals surface area contributed by atoms with E-state index in [1.165, 1.54) is 5.56 Å². The first kappa shape index (κ1) is 15.2. The lowest BCUT2D eigenvalue weighted by molar-refractivity contribution is 0.288. The highest BCUT2D eigenvalue weighted by Gasteiger charge is 2.22. The Hall–Kier alpha value is -0.890. The molecule has 0 aliphatic rings. The lowest BCUT2D eigenvalue weighted by atomic mass is 9.83. The van der Waals surface area contributed by atoms with Crippen LogP contribution in [0.15, 0.2) is 18.2 Å². The molecule has 0 saturated heterocycles. The maximum Gasteiger partial charge on any atom is 0.123 e. The van der Waals surface area contributed by atoms with Crippen molar-refractivity contribution in [1.29, 1.82) is 0 Å². The Bertz CT molecular complexity index is 402. The average molecular weight is 251 g/mol. The first-order chi connectivity index (χ1) is 8.09. The van der Waals surface area contributed by atoms with E-state index in [1.807, 2.05) is 13.0 Å². The number of aryl methyl sites for hydroxylation is 1. The molecule has 0 saturated carbocycles. The molecule has 0 aliphatic carbocycles. The molecule has 0 spiro atoms. The van der Waals surface area contributed by atoms with Crippen molar-refractivity contribution < 1.29 is 4.39 Å². The fraction of sp³-hybridized carbons (Fsp3) is 0.625. The summed E-state index contributed by atoms with van der Waals surface area (Å²) in [5, 5.41) is 3.54. The third-order valence-corrected chi connectivity index (χ3v) is 3.07. The summed E-state index contributed by atoms with van der Waals surface area (Å²) in [6, 6.07) is 5.07. The van der Waals surface area contributed by atoms with E-state index in [9.17, 15) is 4.39 Å². The predicted octanol–water partition coefficient (Wildman–Crippen LogP) is 4.09. The van der Waals surface area contributed by atoms with Gasteiger partial charge in [-0.2, -0.15) is 0 Å². The molecule has 0 fully saturated rings. The lowest BCUT2D eigenvalue weighted by Crippen LogP contribution is -2.42. The summed E-state index contributed by atoms with van der Waals surface area (Å²) in [6.45, 7) is 13.9. The molecule has 0 bridgehead atoms. The van der Waals surface area contributed by atoms with Crippen molar-refractivity contribution in [3.8, 4) is 0 Å². The summed E-state index contributed by atoms with van der Waals surface area (Å²) in [6.07, 6.45) is 0.961. The molecule has 0 unspecified atom stereocenters. The van der Waals surface area contributed by atoms with Crippen molar-refractivity contribution >= 4 is 0 Å². The SMILES string of the molecule is Cc1cc(F)ccc1CC(C)(C)CNC(C)(C)C. The van der Waals surface area contributed by atoms with Crippen molar-refractivity contribution in [3.05, 3.63) is 35.1 Å². The molecular weight excluding hydrogens is 225 g/mol. The van der Waals surface area contributed by atoms with Crippen molar-refractivity contribution in [2.45, 2.75) is 53.5 Å². The van der Waals surface area contributed by atoms with Gasteiger partial charge in [0.05, 0.1) is 0 Å². The highest BCUT2D eigenvalue weighted by atomic mass is 19.1. The zero-order valence-corrected chi connectivity index (χ0v) is 12.5. The molecule has 0 radical (unpaired) electrons. The van der Waals surface area contributed by atoms with Crippen LogP contribution in [0.4, 0.5) is 4.39 Å². The molecule has 1 aromatic carbocycles. The summed E-state index contributed by atoms with van der Waals surface area (Å²) < 4.78 is 13.1. The Labute approximate surface area is 111 Å². The molecule has 102 valence electrons. The van der Waals surface area contributed by atoms with Gasteiger partial charge in [0, 0.05) is 12.1 Å². The minimum atomic E-state index is -0.151. The lowest BCUT2D eigenvalue weighted by Gasteiger charge is -2.31. The Morgan fingerprint density at radius 1 is 1.11 bits per heavy atom. The molecular formula is C16H26FN. The summed E-state index contributed by atoms with van der Waals surface area (Å²) in [4.78, 5) is 0. The van der Waals surface area contributed by atoms with E-state index in [2.05, 4.69) is 39.9 Å². The van der Waals surface area contributed by atoms with E-state index < -0.39 is 0 Å². The number of hydrogen-bond acceptors (Lipinski definition) is 1. The van der Waals surface area contributed by atoms with Crippen LogP contribution < -0.4 is 5.32 Å². The second-order valence-electron chi connectivity index (χ2n) is 7.02. The quantitative estimate of drug-likeness (QED) is 0.850. The fourth-order valence-corrected chi connectivity index (χ4v) is 1.94. The molecule has 1 N–H and O–H groups in total. The van der Waals surface area contributed by atoms with Gasteiger partial charge in [-0.1, -0.05) is 19.9 Å². The topological polar surface area (TPSA) is 12.0 Å². The average Bonchev–Trinajstić information content (AvgIpc) is 2.19. The van der Waals surface area contributed by atoms with Crippen LogP contribution in [0.5, 0.6) is 0 Å². The molecule has 0 amide bonds. The Balaban J connectivity index is 2.70. The summed E-state index contributed by atoms with van der Waals surface area (Å²) in [7, 11) is 0. The second-order valence-corrected chi connectivity index (χ2v) is 7.02. The standard InChI is InChI=1S/C16H26FN/c1-12-9-14(17)8-7-13(12)10-16(5,6)11-18-15(2,3)4/h7-9,18H,10-11H2,1-6H3. The number of halogens is 1. The first-order valence-corrected chi connectivity index (χ1v) is 6.59. The minimum absolute atomic E-state index is 0.134. The van der Waals surface area contributed by atoms with Crippen molar-refractivity contribution in [3.63, 3.8) is 0 Å². The van der Waals surface area contributed by atoms with Crippen LogP contribution in [0.25, 0.3) is 0 Å². The molecule has 1 rings (SSSR count). The van der Waals surface area contributed by atoms with Gasteiger partial charge in [0.15, 0.2) is 0 Å². The Kier molecular flexibility index (Phi) is 4.55. The van der Waals surface area contributed by atoms with Crippen LogP contribution in [0, 0.1) is 18.2 Å². The van der Waals surface area contributed by atoms with Crippen molar-refractivity contribution in [2.24, 2.45) is 5.41 Å².